The van der Waals surface area contributed by atoms with Crippen molar-refractivity contribution in [2.24, 2.45) is 5.41 Å². The Bertz CT molecular complexity index is 723. The summed E-state index contributed by atoms with van der Waals surface area (Å²) >= 11 is 0. The second-order valence-electron chi connectivity index (χ2n) is 6.03. The molecule has 128 valence electrons. The van der Waals surface area contributed by atoms with E-state index in [1.165, 1.54) is 26.0 Å². The first-order chi connectivity index (χ1) is 11.3. The fraction of sp³-hybridized carbons (Fsp3) is 0.353. The molecule has 0 radical (unpaired) electrons. The third kappa shape index (κ3) is 4.41. The summed E-state index contributed by atoms with van der Waals surface area (Å²) in [5, 5.41) is 8.94. The van der Waals surface area contributed by atoms with E-state index in [0.29, 0.717) is 18.7 Å². The van der Waals surface area contributed by atoms with Crippen LogP contribution in [-0.2, 0) is 16.0 Å². The molecule has 1 aromatic heterocycles. The van der Waals surface area contributed by atoms with E-state index in [1.54, 1.807) is 25.1 Å². The molecule has 0 saturated carbocycles. The molecule has 0 bridgehead atoms. The van der Waals surface area contributed by atoms with Gasteiger partial charge in [-0.2, -0.15) is 0 Å². The first-order valence-electron chi connectivity index (χ1n) is 7.56. The van der Waals surface area contributed by atoms with Gasteiger partial charge in [-0.1, -0.05) is 17.3 Å². The second kappa shape index (κ2) is 7.25. The lowest BCUT2D eigenvalue weighted by Crippen LogP contribution is -2.45. The normalized spacial score (nSPS) is 11.2. The molecule has 24 heavy (non-hydrogen) atoms. The highest BCUT2D eigenvalue weighted by Gasteiger charge is 2.36. The van der Waals surface area contributed by atoms with Crippen LogP contribution < -0.4 is 10.6 Å². The highest BCUT2D eigenvalue weighted by atomic mass is 19.1. The number of nitrogens with zero attached hydrogens (tertiary/aromatic N) is 1. The van der Waals surface area contributed by atoms with Gasteiger partial charge in [0.1, 0.15) is 17.0 Å². The minimum absolute atomic E-state index is 0.268. The number of carbonyl (C=O) groups excluding carboxylic acids is 2. The Morgan fingerprint density at radius 1 is 1.21 bits per heavy atom. The summed E-state index contributed by atoms with van der Waals surface area (Å²) in [6, 6.07) is 7.63. The van der Waals surface area contributed by atoms with Crippen molar-refractivity contribution in [1.82, 2.24) is 10.5 Å². The monoisotopic (exact) mass is 333 g/mol. The van der Waals surface area contributed by atoms with Crippen LogP contribution in [-0.4, -0.2) is 23.5 Å². The summed E-state index contributed by atoms with van der Waals surface area (Å²) < 4.78 is 17.7. The second-order valence-corrected chi connectivity index (χ2v) is 6.03. The third-order valence-corrected chi connectivity index (χ3v) is 3.62. The molecule has 0 fully saturated rings. The average Bonchev–Trinajstić information content (AvgIpc) is 2.94. The van der Waals surface area contributed by atoms with Crippen molar-refractivity contribution >= 4 is 17.6 Å². The molecule has 1 heterocycles. The molecule has 0 aliphatic heterocycles. The largest absolute Gasteiger partial charge is 0.360 e. The highest BCUT2D eigenvalue weighted by Crippen LogP contribution is 2.19. The van der Waals surface area contributed by atoms with Gasteiger partial charge in [0, 0.05) is 12.6 Å². The van der Waals surface area contributed by atoms with Crippen LogP contribution in [0.3, 0.4) is 0 Å². The third-order valence-electron chi connectivity index (χ3n) is 3.62. The van der Waals surface area contributed by atoms with Crippen LogP contribution in [0.25, 0.3) is 0 Å². The van der Waals surface area contributed by atoms with Crippen LogP contribution in [0.5, 0.6) is 0 Å². The standard InChI is InChI=1S/C17H20FN3O3/c1-11-10-14(21-24-11)20-16(23)17(2,3)15(22)19-9-8-12-4-6-13(18)7-5-12/h4-7,10H,8-9H2,1-3H3,(H,19,22)(H,20,21,23). The van der Waals surface area contributed by atoms with Gasteiger partial charge in [0.15, 0.2) is 5.82 Å². The first-order valence-corrected chi connectivity index (χ1v) is 7.56. The zero-order valence-corrected chi connectivity index (χ0v) is 13.9. The minimum atomic E-state index is -1.27. The maximum Gasteiger partial charge on any atom is 0.240 e. The molecule has 2 amide bonds. The van der Waals surface area contributed by atoms with Crippen LogP contribution >= 0.6 is 0 Å². The fourth-order valence-corrected chi connectivity index (χ4v) is 1.99. The minimum Gasteiger partial charge on any atom is -0.360 e. The zero-order valence-electron chi connectivity index (χ0n) is 13.9. The Labute approximate surface area is 139 Å². The highest BCUT2D eigenvalue weighted by molar-refractivity contribution is 6.09. The van der Waals surface area contributed by atoms with Crippen LogP contribution in [0.2, 0.25) is 0 Å². The van der Waals surface area contributed by atoms with E-state index in [-0.39, 0.29) is 11.6 Å². The van der Waals surface area contributed by atoms with Gasteiger partial charge in [0.2, 0.25) is 11.8 Å². The lowest BCUT2D eigenvalue weighted by Gasteiger charge is -2.22. The van der Waals surface area contributed by atoms with E-state index in [2.05, 4.69) is 15.8 Å². The van der Waals surface area contributed by atoms with Gasteiger partial charge in [-0.15, -0.1) is 0 Å². The summed E-state index contributed by atoms with van der Waals surface area (Å²) in [5.74, 6) is -0.349. The van der Waals surface area contributed by atoms with E-state index in [4.69, 9.17) is 4.52 Å². The molecular formula is C17H20FN3O3. The number of anilines is 1. The molecule has 6 nitrogen and oxygen atoms in total. The molecule has 2 aromatic rings. The van der Waals surface area contributed by atoms with Crippen molar-refractivity contribution in [2.45, 2.75) is 27.2 Å². The van der Waals surface area contributed by atoms with E-state index in [9.17, 15) is 14.0 Å². The molecule has 0 saturated heterocycles. The maximum absolute atomic E-state index is 12.8. The smallest absolute Gasteiger partial charge is 0.240 e. The van der Waals surface area contributed by atoms with Gasteiger partial charge in [-0.05, 0) is 44.9 Å². The Morgan fingerprint density at radius 2 is 1.88 bits per heavy atom. The molecule has 0 aliphatic rings. The Morgan fingerprint density at radius 3 is 2.46 bits per heavy atom. The number of carbonyl (C=O) groups is 2. The number of aryl methyl sites for hydroxylation is 1. The average molecular weight is 333 g/mol. The number of benzene rings is 1. The lowest BCUT2D eigenvalue weighted by molar-refractivity contribution is -0.138. The van der Waals surface area contributed by atoms with E-state index in [1.807, 2.05) is 0 Å². The predicted molar refractivity (Wildman–Crippen MR) is 86.8 cm³/mol. The summed E-state index contributed by atoms with van der Waals surface area (Å²) in [4.78, 5) is 24.5. The van der Waals surface area contributed by atoms with Crippen molar-refractivity contribution < 1.29 is 18.5 Å². The fourth-order valence-electron chi connectivity index (χ4n) is 1.99. The van der Waals surface area contributed by atoms with Crippen molar-refractivity contribution in [3.63, 3.8) is 0 Å². The number of hydrogen-bond donors (Lipinski definition) is 2. The van der Waals surface area contributed by atoms with Gasteiger partial charge in [0.05, 0.1) is 0 Å². The Hall–Kier alpha value is -2.70. The van der Waals surface area contributed by atoms with E-state index in [0.717, 1.165) is 5.56 Å². The number of halogens is 1. The summed E-state index contributed by atoms with van der Waals surface area (Å²) in [5.41, 5.74) is -0.368. The maximum atomic E-state index is 12.8. The van der Waals surface area contributed by atoms with Crippen LogP contribution in [0, 0.1) is 18.2 Å². The molecule has 0 aliphatic carbocycles. The van der Waals surface area contributed by atoms with Crippen molar-refractivity contribution in [2.75, 3.05) is 11.9 Å². The Kier molecular flexibility index (Phi) is 5.33. The van der Waals surface area contributed by atoms with Crippen LogP contribution in [0.1, 0.15) is 25.2 Å². The van der Waals surface area contributed by atoms with Crippen molar-refractivity contribution in [3.05, 3.63) is 47.5 Å². The van der Waals surface area contributed by atoms with Gasteiger partial charge in [-0.3, -0.25) is 9.59 Å². The van der Waals surface area contributed by atoms with Crippen LogP contribution in [0.15, 0.2) is 34.9 Å². The summed E-state index contributed by atoms with van der Waals surface area (Å²) in [6.45, 7) is 5.12. The topological polar surface area (TPSA) is 84.2 Å². The molecule has 0 atom stereocenters. The summed E-state index contributed by atoms with van der Waals surface area (Å²) in [6.07, 6.45) is 0.548. The van der Waals surface area contributed by atoms with Gasteiger partial charge >= 0.3 is 0 Å². The van der Waals surface area contributed by atoms with Crippen molar-refractivity contribution in [3.8, 4) is 0 Å². The SMILES string of the molecule is Cc1cc(NC(=O)C(C)(C)C(=O)NCCc2ccc(F)cc2)no1. The number of rotatable bonds is 6. The molecule has 2 N–H and O–H groups in total. The molecule has 0 unspecified atom stereocenters. The molecular weight excluding hydrogens is 313 g/mol. The van der Waals surface area contributed by atoms with E-state index >= 15 is 0 Å². The van der Waals surface area contributed by atoms with E-state index < -0.39 is 17.2 Å². The molecule has 0 spiro atoms. The van der Waals surface area contributed by atoms with Crippen molar-refractivity contribution in [1.29, 1.82) is 0 Å². The van der Waals surface area contributed by atoms with Crippen LogP contribution in [0.4, 0.5) is 10.2 Å². The zero-order chi connectivity index (χ0) is 17.7. The quantitative estimate of drug-likeness (QED) is 0.795. The lowest BCUT2D eigenvalue weighted by atomic mass is 9.91. The van der Waals surface area contributed by atoms with Gasteiger partial charge in [-0.25, -0.2) is 4.39 Å². The number of hydrogen-bond acceptors (Lipinski definition) is 4. The molecule has 1 aromatic carbocycles. The predicted octanol–water partition coefficient (Wildman–Crippen LogP) is 2.45. The number of amides is 2. The first kappa shape index (κ1) is 17.7. The number of nitrogens with one attached hydrogen (secondary N) is 2. The van der Waals surface area contributed by atoms with Gasteiger partial charge < -0.3 is 15.2 Å². The number of aromatic nitrogens is 1. The molecule has 7 heteroatoms. The van der Waals surface area contributed by atoms with Gasteiger partial charge in [0.25, 0.3) is 0 Å². The molecule has 2 rings (SSSR count). The Balaban J connectivity index is 1.87. The summed E-state index contributed by atoms with van der Waals surface area (Å²) in [7, 11) is 0.